The first-order valence-electron chi connectivity index (χ1n) is 2.69. The molecule has 1 rings (SSSR count). The third-order valence-electron chi connectivity index (χ3n) is 1.01. The number of carbonyl (C=O) groups excluding carboxylic acids is 1. The number of nitrogens with two attached hydrogens (primary N) is 1. The first-order chi connectivity index (χ1) is 5.11. The number of aromatic nitrogens is 2. The highest BCUT2D eigenvalue weighted by Crippen LogP contribution is 2.03. The van der Waals surface area contributed by atoms with E-state index in [2.05, 4.69) is 4.98 Å². The summed E-state index contributed by atoms with van der Waals surface area (Å²) in [4.78, 5) is 26.1. The Morgan fingerprint density at radius 3 is 2.82 bits per heavy atom. The summed E-state index contributed by atoms with van der Waals surface area (Å²) >= 11 is 0. The number of nitrogens with zero attached hydrogens (tertiary/aromatic N) is 1. The molecule has 0 aromatic carbocycles. The fraction of sp³-hybridized carbons (Fsp3) is 0. The zero-order valence-corrected chi connectivity index (χ0v) is 5.37. The van der Waals surface area contributed by atoms with E-state index in [4.69, 9.17) is 10.8 Å². The zero-order chi connectivity index (χ0) is 8.43. The Hall–Kier alpha value is -1.85. The maximum Gasteiger partial charge on any atom is 0.272 e. The van der Waals surface area contributed by atoms with E-state index in [1.165, 1.54) is 0 Å². The lowest BCUT2D eigenvalue weighted by molar-refractivity contribution is 0.0992. The molecule has 58 valence electrons. The second kappa shape index (κ2) is 2.41. The van der Waals surface area contributed by atoms with Gasteiger partial charge in [-0.05, 0) is 0 Å². The number of rotatable bonds is 1. The van der Waals surface area contributed by atoms with Crippen LogP contribution in [0, 0.1) is 0 Å². The fourth-order valence-corrected chi connectivity index (χ4v) is 0.573. The SMILES string of the molecule is NC(=O)c1ncc(=O)[nH]c1O. The maximum atomic E-state index is 10.4. The number of aromatic amines is 1. The molecule has 0 aliphatic rings. The first-order valence-corrected chi connectivity index (χ1v) is 2.69. The topological polar surface area (TPSA) is 109 Å². The average Bonchev–Trinajstić information content (AvgIpc) is 1.85. The molecular formula is C5H5N3O3. The van der Waals surface area contributed by atoms with Gasteiger partial charge in [0.05, 0.1) is 6.20 Å². The molecule has 0 saturated carbocycles. The van der Waals surface area contributed by atoms with Crippen LogP contribution in [0.3, 0.4) is 0 Å². The second-order valence-corrected chi connectivity index (χ2v) is 1.81. The van der Waals surface area contributed by atoms with Crippen LogP contribution in [-0.2, 0) is 0 Å². The van der Waals surface area contributed by atoms with E-state index in [9.17, 15) is 9.59 Å². The van der Waals surface area contributed by atoms with Gasteiger partial charge in [-0.25, -0.2) is 4.98 Å². The maximum absolute atomic E-state index is 10.4. The Balaban J connectivity index is 3.31. The van der Waals surface area contributed by atoms with Crippen molar-refractivity contribution < 1.29 is 9.90 Å². The zero-order valence-electron chi connectivity index (χ0n) is 5.37. The minimum Gasteiger partial charge on any atom is -0.493 e. The summed E-state index contributed by atoms with van der Waals surface area (Å²) in [7, 11) is 0. The highest BCUT2D eigenvalue weighted by atomic mass is 16.3. The van der Waals surface area contributed by atoms with E-state index < -0.39 is 17.3 Å². The van der Waals surface area contributed by atoms with Crippen LogP contribution in [-0.4, -0.2) is 21.0 Å². The molecule has 0 unspecified atom stereocenters. The monoisotopic (exact) mass is 155 g/mol. The molecule has 1 aromatic heterocycles. The standard InChI is InChI=1S/C5H5N3O3/c6-4(10)3-5(11)8-2(9)1-7-3/h1H,(H2,6,10)(H2,8,9,11). The molecule has 0 bridgehead atoms. The van der Waals surface area contributed by atoms with E-state index in [1.807, 2.05) is 4.98 Å². The third kappa shape index (κ3) is 1.34. The minimum absolute atomic E-state index is 0.343. The van der Waals surface area contributed by atoms with Gasteiger partial charge in [0.25, 0.3) is 11.5 Å². The smallest absolute Gasteiger partial charge is 0.272 e. The molecule has 0 spiro atoms. The van der Waals surface area contributed by atoms with E-state index >= 15 is 0 Å². The van der Waals surface area contributed by atoms with Crippen molar-refractivity contribution in [1.29, 1.82) is 0 Å². The van der Waals surface area contributed by atoms with E-state index in [1.54, 1.807) is 0 Å². The molecule has 0 fully saturated rings. The van der Waals surface area contributed by atoms with E-state index in [-0.39, 0.29) is 5.69 Å². The summed E-state index contributed by atoms with van der Waals surface area (Å²) in [6.07, 6.45) is 0.861. The Morgan fingerprint density at radius 1 is 1.73 bits per heavy atom. The van der Waals surface area contributed by atoms with Crippen molar-refractivity contribution in [2.45, 2.75) is 0 Å². The van der Waals surface area contributed by atoms with Crippen molar-refractivity contribution in [2.75, 3.05) is 0 Å². The van der Waals surface area contributed by atoms with Crippen LogP contribution in [0.4, 0.5) is 0 Å². The average molecular weight is 155 g/mol. The number of amides is 1. The molecule has 0 radical (unpaired) electrons. The number of primary amides is 1. The lowest BCUT2D eigenvalue weighted by Gasteiger charge is -1.95. The minimum atomic E-state index is -0.890. The van der Waals surface area contributed by atoms with Crippen molar-refractivity contribution in [3.63, 3.8) is 0 Å². The molecule has 0 atom stereocenters. The lowest BCUT2D eigenvalue weighted by atomic mass is 10.4. The van der Waals surface area contributed by atoms with Gasteiger partial charge in [-0.3, -0.25) is 14.6 Å². The Bertz CT molecular complexity index is 343. The summed E-state index contributed by atoms with van der Waals surface area (Å²) < 4.78 is 0. The van der Waals surface area contributed by atoms with Crippen LogP contribution in [0.15, 0.2) is 11.0 Å². The van der Waals surface area contributed by atoms with Crippen molar-refractivity contribution in [2.24, 2.45) is 5.73 Å². The van der Waals surface area contributed by atoms with Gasteiger partial charge in [0.15, 0.2) is 5.69 Å². The molecule has 6 heteroatoms. The Kier molecular flexibility index (Phi) is 1.59. The van der Waals surface area contributed by atoms with Gasteiger partial charge < -0.3 is 10.8 Å². The van der Waals surface area contributed by atoms with Gasteiger partial charge in [0.1, 0.15) is 0 Å². The van der Waals surface area contributed by atoms with Crippen LogP contribution >= 0.6 is 0 Å². The molecule has 6 nitrogen and oxygen atoms in total. The predicted octanol–water partition coefficient (Wildman–Crippen LogP) is -1.43. The number of hydrogen-bond acceptors (Lipinski definition) is 4. The van der Waals surface area contributed by atoms with Crippen molar-refractivity contribution in [1.82, 2.24) is 9.97 Å². The molecule has 1 aromatic rings. The van der Waals surface area contributed by atoms with Gasteiger partial charge in [-0.1, -0.05) is 0 Å². The third-order valence-corrected chi connectivity index (χ3v) is 1.01. The van der Waals surface area contributed by atoms with Crippen molar-refractivity contribution in [3.05, 3.63) is 22.2 Å². The molecule has 4 N–H and O–H groups in total. The summed E-state index contributed by atoms with van der Waals surface area (Å²) in [5.41, 5.74) is 3.85. The van der Waals surface area contributed by atoms with Crippen LogP contribution in [0.2, 0.25) is 0 Å². The van der Waals surface area contributed by atoms with Gasteiger partial charge in [0.2, 0.25) is 5.88 Å². The first kappa shape index (κ1) is 7.26. The van der Waals surface area contributed by atoms with Crippen molar-refractivity contribution in [3.8, 4) is 5.88 Å². The molecular weight excluding hydrogens is 150 g/mol. The summed E-state index contributed by atoms with van der Waals surface area (Å²) in [5, 5.41) is 8.84. The van der Waals surface area contributed by atoms with E-state index in [0.29, 0.717) is 0 Å². The molecule has 1 amide bonds. The number of nitrogens with one attached hydrogen (secondary N) is 1. The predicted molar refractivity (Wildman–Crippen MR) is 35.0 cm³/mol. The van der Waals surface area contributed by atoms with Crippen LogP contribution < -0.4 is 11.3 Å². The summed E-state index contributed by atoms with van der Waals surface area (Å²) in [6, 6.07) is 0. The van der Waals surface area contributed by atoms with Gasteiger partial charge in [0, 0.05) is 0 Å². The number of hydrogen-bond donors (Lipinski definition) is 3. The Labute approximate surface area is 60.7 Å². The van der Waals surface area contributed by atoms with E-state index in [0.717, 1.165) is 6.20 Å². The number of carbonyl (C=O) groups is 1. The van der Waals surface area contributed by atoms with Crippen LogP contribution in [0.25, 0.3) is 0 Å². The van der Waals surface area contributed by atoms with Gasteiger partial charge in [-0.2, -0.15) is 0 Å². The molecule has 1 heterocycles. The fourth-order valence-electron chi connectivity index (χ4n) is 0.573. The quantitative estimate of drug-likeness (QED) is 0.462. The van der Waals surface area contributed by atoms with Gasteiger partial charge >= 0.3 is 0 Å². The molecule has 0 saturated heterocycles. The number of aromatic hydroxyl groups is 1. The largest absolute Gasteiger partial charge is 0.493 e. The molecule has 0 aliphatic heterocycles. The second-order valence-electron chi connectivity index (χ2n) is 1.81. The molecule has 0 aliphatic carbocycles. The lowest BCUT2D eigenvalue weighted by Crippen LogP contribution is -2.17. The highest BCUT2D eigenvalue weighted by Gasteiger charge is 2.08. The molecule has 11 heavy (non-hydrogen) atoms. The summed E-state index contributed by atoms with van der Waals surface area (Å²) in [6.45, 7) is 0. The van der Waals surface area contributed by atoms with Crippen LogP contribution in [0.1, 0.15) is 10.5 Å². The highest BCUT2D eigenvalue weighted by molar-refractivity contribution is 5.92. The van der Waals surface area contributed by atoms with Crippen LogP contribution in [0.5, 0.6) is 5.88 Å². The Morgan fingerprint density at radius 2 is 2.36 bits per heavy atom. The van der Waals surface area contributed by atoms with Crippen molar-refractivity contribution >= 4 is 5.91 Å². The number of H-pyrrole nitrogens is 1. The summed E-state index contributed by atoms with van der Waals surface area (Å²) in [5.74, 6) is -1.50. The van der Waals surface area contributed by atoms with Gasteiger partial charge in [-0.15, -0.1) is 0 Å². The normalized spacial score (nSPS) is 9.45.